The summed E-state index contributed by atoms with van der Waals surface area (Å²) in [7, 11) is 0. The van der Waals surface area contributed by atoms with E-state index in [-0.39, 0.29) is 24.2 Å². The Labute approximate surface area is 104 Å². The molecule has 1 heterocycles. The Bertz CT molecular complexity index is 426. The molecule has 1 aliphatic rings. The molecule has 0 radical (unpaired) electrons. The number of carbonyl (C=O) groups is 2. The van der Waals surface area contributed by atoms with Crippen molar-refractivity contribution in [3.63, 3.8) is 0 Å². The zero-order valence-electron chi connectivity index (χ0n) is 9.66. The minimum Gasteiger partial charge on any atom is -0.356 e. The lowest BCUT2D eigenvalue weighted by atomic mass is 10.3. The summed E-state index contributed by atoms with van der Waals surface area (Å²) >= 11 is 1.36. The van der Waals surface area contributed by atoms with Gasteiger partial charge >= 0.3 is 0 Å². The molecule has 0 spiro atoms. The maximum atomic E-state index is 11.5. The van der Waals surface area contributed by atoms with Crippen LogP contribution in [-0.4, -0.2) is 23.3 Å². The van der Waals surface area contributed by atoms with Crippen molar-refractivity contribution in [1.82, 2.24) is 10.3 Å². The van der Waals surface area contributed by atoms with Crippen molar-refractivity contribution in [1.29, 1.82) is 0 Å². The Balaban J connectivity index is 1.86. The quantitative estimate of drug-likeness (QED) is 0.827. The van der Waals surface area contributed by atoms with E-state index in [0.29, 0.717) is 17.4 Å². The van der Waals surface area contributed by atoms with Crippen molar-refractivity contribution >= 4 is 28.3 Å². The third-order valence-electron chi connectivity index (χ3n) is 2.45. The highest BCUT2D eigenvalue weighted by atomic mass is 32.1. The van der Waals surface area contributed by atoms with E-state index in [0.717, 1.165) is 12.8 Å². The van der Waals surface area contributed by atoms with E-state index in [1.54, 1.807) is 5.38 Å². The maximum absolute atomic E-state index is 11.5. The van der Waals surface area contributed by atoms with Gasteiger partial charge in [0.25, 0.3) is 0 Å². The minimum absolute atomic E-state index is 0.0436. The Morgan fingerprint density at radius 2 is 2.29 bits per heavy atom. The number of likely N-dealkylation sites (N-methyl/N-ethyl adjacent to an activating group) is 1. The van der Waals surface area contributed by atoms with Crippen LogP contribution in [0, 0.1) is 5.92 Å². The number of hydrogen-bond donors (Lipinski definition) is 2. The maximum Gasteiger partial charge on any atom is 0.229 e. The second kappa shape index (κ2) is 5.27. The monoisotopic (exact) mass is 253 g/mol. The molecule has 0 aromatic carbocycles. The molecular formula is C11H15N3O2S. The van der Waals surface area contributed by atoms with Crippen LogP contribution in [0.2, 0.25) is 0 Å². The molecule has 92 valence electrons. The fraction of sp³-hybridized carbons (Fsp3) is 0.545. The van der Waals surface area contributed by atoms with Crippen LogP contribution in [0.15, 0.2) is 5.38 Å². The summed E-state index contributed by atoms with van der Waals surface area (Å²) in [5, 5.41) is 7.86. The second-order valence-corrected chi connectivity index (χ2v) is 4.90. The van der Waals surface area contributed by atoms with Gasteiger partial charge in [-0.3, -0.25) is 9.59 Å². The fourth-order valence-corrected chi connectivity index (χ4v) is 2.14. The summed E-state index contributed by atoms with van der Waals surface area (Å²) in [5.41, 5.74) is 0.701. The average molecular weight is 253 g/mol. The Hall–Kier alpha value is -1.43. The van der Waals surface area contributed by atoms with Gasteiger partial charge in [0.1, 0.15) is 0 Å². The number of hydrogen-bond acceptors (Lipinski definition) is 4. The smallest absolute Gasteiger partial charge is 0.229 e. The lowest BCUT2D eigenvalue weighted by Gasteiger charge is -1.99. The molecule has 2 amide bonds. The molecule has 17 heavy (non-hydrogen) atoms. The van der Waals surface area contributed by atoms with Crippen LogP contribution in [-0.2, 0) is 16.0 Å². The van der Waals surface area contributed by atoms with Gasteiger partial charge in [-0.05, 0) is 19.8 Å². The first-order valence-corrected chi connectivity index (χ1v) is 6.59. The molecule has 2 N–H and O–H groups in total. The highest BCUT2D eigenvalue weighted by Gasteiger charge is 2.30. The third kappa shape index (κ3) is 3.52. The van der Waals surface area contributed by atoms with Gasteiger partial charge in [-0.15, -0.1) is 11.3 Å². The van der Waals surface area contributed by atoms with E-state index in [1.807, 2.05) is 6.92 Å². The van der Waals surface area contributed by atoms with Crippen LogP contribution in [0.4, 0.5) is 5.13 Å². The lowest BCUT2D eigenvalue weighted by molar-refractivity contribution is -0.120. The minimum atomic E-state index is -0.0436. The molecule has 1 aromatic rings. The molecule has 2 rings (SSSR count). The van der Waals surface area contributed by atoms with Crippen LogP contribution in [0.25, 0.3) is 0 Å². The van der Waals surface area contributed by atoms with E-state index in [2.05, 4.69) is 15.6 Å². The third-order valence-corrected chi connectivity index (χ3v) is 3.25. The summed E-state index contributed by atoms with van der Waals surface area (Å²) in [4.78, 5) is 27.0. The normalized spacial score (nSPS) is 14.4. The molecule has 1 aromatic heterocycles. The van der Waals surface area contributed by atoms with E-state index in [4.69, 9.17) is 0 Å². The summed E-state index contributed by atoms with van der Waals surface area (Å²) in [5.74, 6) is 0.174. The number of anilines is 1. The van der Waals surface area contributed by atoms with E-state index in [1.165, 1.54) is 11.3 Å². The summed E-state index contributed by atoms with van der Waals surface area (Å²) in [6.07, 6.45) is 2.22. The number of aromatic nitrogens is 1. The molecule has 0 unspecified atom stereocenters. The highest BCUT2D eigenvalue weighted by Crippen LogP contribution is 2.30. The number of amides is 2. The fourth-order valence-electron chi connectivity index (χ4n) is 1.42. The Morgan fingerprint density at radius 1 is 1.53 bits per heavy atom. The van der Waals surface area contributed by atoms with Gasteiger partial charge in [0.2, 0.25) is 11.8 Å². The van der Waals surface area contributed by atoms with Crippen LogP contribution >= 0.6 is 11.3 Å². The Morgan fingerprint density at radius 3 is 2.94 bits per heavy atom. The predicted octanol–water partition coefficient (Wildman–Crippen LogP) is 1.17. The van der Waals surface area contributed by atoms with Crippen molar-refractivity contribution in [2.24, 2.45) is 5.92 Å². The van der Waals surface area contributed by atoms with Crippen molar-refractivity contribution < 1.29 is 9.59 Å². The van der Waals surface area contributed by atoms with Crippen molar-refractivity contribution in [3.8, 4) is 0 Å². The molecule has 6 heteroatoms. The van der Waals surface area contributed by atoms with Gasteiger partial charge in [-0.2, -0.15) is 0 Å². The largest absolute Gasteiger partial charge is 0.356 e. The standard InChI is InChI=1S/C11H15N3O2S/c1-2-12-9(15)5-8-6-17-11(13-8)14-10(16)7-3-4-7/h6-7H,2-5H2,1H3,(H,12,15)(H,13,14,16). The molecular weight excluding hydrogens is 238 g/mol. The molecule has 0 saturated heterocycles. The first kappa shape index (κ1) is 12.0. The molecule has 1 fully saturated rings. The zero-order valence-corrected chi connectivity index (χ0v) is 10.5. The number of carbonyl (C=O) groups excluding carboxylic acids is 2. The van der Waals surface area contributed by atoms with Gasteiger partial charge in [0, 0.05) is 17.8 Å². The Kier molecular flexibility index (Phi) is 3.73. The van der Waals surface area contributed by atoms with Crippen molar-refractivity contribution in [2.75, 3.05) is 11.9 Å². The number of nitrogens with zero attached hydrogens (tertiary/aromatic N) is 1. The lowest BCUT2D eigenvalue weighted by Crippen LogP contribution is -2.24. The van der Waals surface area contributed by atoms with Crippen LogP contribution in [0.5, 0.6) is 0 Å². The zero-order chi connectivity index (χ0) is 12.3. The van der Waals surface area contributed by atoms with Gasteiger partial charge in [0.05, 0.1) is 12.1 Å². The topological polar surface area (TPSA) is 71.1 Å². The van der Waals surface area contributed by atoms with Gasteiger partial charge < -0.3 is 10.6 Å². The van der Waals surface area contributed by atoms with Crippen LogP contribution in [0.1, 0.15) is 25.5 Å². The van der Waals surface area contributed by atoms with E-state index >= 15 is 0 Å². The molecule has 1 aliphatic carbocycles. The van der Waals surface area contributed by atoms with Gasteiger partial charge in [0.15, 0.2) is 5.13 Å². The first-order valence-electron chi connectivity index (χ1n) is 5.71. The second-order valence-electron chi connectivity index (χ2n) is 4.04. The number of rotatable bonds is 5. The van der Waals surface area contributed by atoms with Crippen molar-refractivity contribution in [3.05, 3.63) is 11.1 Å². The van der Waals surface area contributed by atoms with Crippen molar-refractivity contribution in [2.45, 2.75) is 26.2 Å². The summed E-state index contributed by atoms with van der Waals surface area (Å²) in [6.45, 7) is 2.49. The molecule has 5 nitrogen and oxygen atoms in total. The number of nitrogens with one attached hydrogen (secondary N) is 2. The molecule has 1 saturated carbocycles. The van der Waals surface area contributed by atoms with Gasteiger partial charge in [-0.1, -0.05) is 0 Å². The summed E-state index contributed by atoms with van der Waals surface area (Å²) < 4.78 is 0. The molecule has 0 bridgehead atoms. The van der Waals surface area contributed by atoms with Crippen LogP contribution in [0.3, 0.4) is 0 Å². The van der Waals surface area contributed by atoms with E-state index in [9.17, 15) is 9.59 Å². The first-order chi connectivity index (χ1) is 8.19. The van der Waals surface area contributed by atoms with Crippen LogP contribution < -0.4 is 10.6 Å². The average Bonchev–Trinajstić information content (AvgIpc) is 3.03. The van der Waals surface area contributed by atoms with Gasteiger partial charge in [-0.25, -0.2) is 4.98 Å². The highest BCUT2D eigenvalue weighted by molar-refractivity contribution is 7.13. The SMILES string of the molecule is CCNC(=O)Cc1csc(NC(=O)C2CC2)n1. The molecule has 0 atom stereocenters. The number of thiazole rings is 1. The van der Waals surface area contributed by atoms with E-state index < -0.39 is 0 Å². The summed E-state index contributed by atoms with van der Waals surface area (Å²) in [6, 6.07) is 0. The molecule has 0 aliphatic heterocycles. The predicted molar refractivity (Wildman–Crippen MR) is 65.9 cm³/mol.